The Labute approximate surface area is 161 Å². The maximum absolute atomic E-state index is 12.8. The average molecular weight is 380 g/mol. The predicted molar refractivity (Wildman–Crippen MR) is 100 cm³/mol. The number of rotatable bonds is 6. The molecule has 1 saturated carbocycles. The zero-order valence-electron chi connectivity index (χ0n) is 15.6. The fourth-order valence-electron chi connectivity index (χ4n) is 2.82. The van der Waals surface area contributed by atoms with E-state index in [1.54, 1.807) is 23.7 Å². The minimum atomic E-state index is -1.01. The lowest BCUT2D eigenvalue weighted by Gasteiger charge is -2.13. The van der Waals surface area contributed by atoms with Gasteiger partial charge in [-0.15, -0.1) is 0 Å². The van der Waals surface area contributed by atoms with Crippen molar-refractivity contribution in [3.63, 3.8) is 0 Å². The summed E-state index contributed by atoms with van der Waals surface area (Å²) in [5, 5.41) is 10.8. The first-order valence-corrected chi connectivity index (χ1v) is 9.12. The van der Waals surface area contributed by atoms with Crippen molar-refractivity contribution in [3.8, 4) is 5.69 Å². The Hall–Kier alpha value is -3.42. The molecule has 8 heteroatoms. The van der Waals surface area contributed by atoms with Crippen LogP contribution < -0.4 is 5.32 Å². The standard InChI is InChI=1S/C20H20N4O4/c1-12-10-18(23-28-12)21-19(25)13(2)27-20(26)17-11-16(14-8-9-14)22-24(17)15-6-4-3-5-7-15/h3-7,10-11,13-14H,8-9H2,1-2H3,(H,21,23,25)/t13-/m1/s1. The Kier molecular flexibility index (Phi) is 4.68. The molecule has 0 spiro atoms. The van der Waals surface area contributed by atoms with Crippen LogP contribution in [0.15, 0.2) is 47.0 Å². The van der Waals surface area contributed by atoms with Gasteiger partial charge in [-0.25, -0.2) is 9.48 Å². The molecule has 2 heterocycles. The Morgan fingerprint density at radius 2 is 2.00 bits per heavy atom. The maximum atomic E-state index is 12.8. The number of nitrogens with one attached hydrogen (secondary N) is 1. The van der Waals surface area contributed by atoms with Crippen molar-refractivity contribution in [1.82, 2.24) is 14.9 Å². The highest BCUT2D eigenvalue weighted by Crippen LogP contribution is 2.39. The number of carbonyl (C=O) groups is 2. The largest absolute Gasteiger partial charge is 0.448 e. The lowest BCUT2D eigenvalue weighted by atomic mass is 10.2. The van der Waals surface area contributed by atoms with E-state index in [9.17, 15) is 9.59 Å². The highest BCUT2D eigenvalue weighted by atomic mass is 16.5. The van der Waals surface area contributed by atoms with Gasteiger partial charge in [-0.05, 0) is 44.9 Å². The summed E-state index contributed by atoms with van der Waals surface area (Å²) in [5.74, 6) is 0.125. The van der Waals surface area contributed by atoms with Gasteiger partial charge < -0.3 is 14.6 Å². The maximum Gasteiger partial charge on any atom is 0.357 e. The van der Waals surface area contributed by atoms with Crippen molar-refractivity contribution in [2.24, 2.45) is 0 Å². The molecule has 1 aromatic carbocycles. The molecule has 1 fully saturated rings. The van der Waals surface area contributed by atoms with Crippen LogP contribution in [0.5, 0.6) is 0 Å². The molecule has 1 N–H and O–H groups in total. The molecule has 144 valence electrons. The number of benzene rings is 1. The highest BCUT2D eigenvalue weighted by molar-refractivity contribution is 5.96. The Bertz CT molecular complexity index is 1000. The first kappa shape index (κ1) is 18.0. The highest BCUT2D eigenvalue weighted by Gasteiger charge is 2.30. The third kappa shape index (κ3) is 3.80. The van der Waals surface area contributed by atoms with E-state index in [0.29, 0.717) is 17.4 Å². The van der Waals surface area contributed by atoms with Crippen molar-refractivity contribution in [1.29, 1.82) is 0 Å². The SMILES string of the molecule is Cc1cc(NC(=O)[C@@H](C)OC(=O)c2cc(C3CC3)nn2-c2ccccc2)no1. The third-order valence-electron chi connectivity index (χ3n) is 4.47. The Balaban J connectivity index is 1.51. The first-order chi connectivity index (χ1) is 13.5. The lowest BCUT2D eigenvalue weighted by molar-refractivity contribution is -0.123. The average Bonchev–Trinajstić information content (AvgIpc) is 3.31. The number of ether oxygens (including phenoxy) is 1. The molecule has 1 amide bonds. The van der Waals surface area contributed by atoms with Crippen molar-refractivity contribution in [2.75, 3.05) is 5.32 Å². The molecule has 1 aliphatic rings. The molecule has 4 rings (SSSR count). The summed E-state index contributed by atoms with van der Waals surface area (Å²) in [6.45, 7) is 3.22. The van der Waals surface area contributed by atoms with Crippen LogP contribution in [0.4, 0.5) is 5.82 Å². The third-order valence-corrected chi connectivity index (χ3v) is 4.47. The van der Waals surface area contributed by atoms with E-state index in [1.807, 2.05) is 30.3 Å². The molecule has 8 nitrogen and oxygen atoms in total. The van der Waals surface area contributed by atoms with Crippen molar-refractivity contribution in [2.45, 2.75) is 38.7 Å². The minimum Gasteiger partial charge on any atom is -0.448 e. The Morgan fingerprint density at radius 3 is 2.64 bits per heavy atom. The lowest BCUT2D eigenvalue weighted by Crippen LogP contribution is -2.30. The predicted octanol–water partition coefficient (Wildman–Crippen LogP) is 3.23. The molecule has 2 aromatic heterocycles. The number of anilines is 1. The van der Waals surface area contributed by atoms with Gasteiger partial charge in [0, 0.05) is 12.0 Å². The van der Waals surface area contributed by atoms with Crippen molar-refractivity contribution < 1.29 is 18.8 Å². The van der Waals surface area contributed by atoms with Gasteiger partial charge in [-0.2, -0.15) is 5.10 Å². The summed E-state index contributed by atoms with van der Waals surface area (Å²) in [6, 6.07) is 12.7. The number of amides is 1. The van der Waals surface area contributed by atoms with Gasteiger partial charge in [0.05, 0.1) is 11.4 Å². The zero-order chi connectivity index (χ0) is 19.7. The van der Waals surface area contributed by atoms with Crippen LogP contribution in [0.3, 0.4) is 0 Å². The van der Waals surface area contributed by atoms with Gasteiger partial charge in [-0.1, -0.05) is 23.4 Å². The van der Waals surface area contributed by atoms with E-state index in [4.69, 9.17) is 9.26 Å². The monoisotopic (exact) mass is 380 g/mol. The number of nitrogens with zero attached hydrogens (tertiary/aromatic N) is 3. The van der Waals surface area contributed by atoms with E-state index < -0.39 is 18.0 Å². The number of hydrogen-bond donors (Lipinski definition) is 1. The molecule has 1 aliphatic carbocycles. The quantitative estimate of drug-likeness (QED) is 0.659. The number of esters is 1. The number of carbonyl (C=O) groups excluding carboxylic acids is 2. The second kappa shape index (κ2) is 7.30. The van der Waals surface area contributed by atoms with Crippen LogP contribution in [0.1, 0.15) is 47.6 Å². The number of aryl methyl sites for hydroxylation is 1. The second-order valence-corrected chi connectivity index (χ2v) is 6.84. The summed E-state index contributed by atoms with van der Waals surface area (Å²) in [5.41, 5.74) is 1.92. The normalized spacial score (nSPS) is 14.5. The van der Waals surface area contributed by atoms with Gasteiger partial charge in [-0.3, -0.25) is 4.79 Å². The van der Waals surface area contributed by atoms with Gasteiger partial charge >= 0.3 is 5.97 Å². The van der Waals surface area contributed by atoms with E-state index in [0.717, 1.165) is 24.2 Å². The zero-order valence-corrected chi connectivity index (χ0v) is 15.6. The summed E-state index contributed by atoms with van der Waals surface area (Å²) in [4.78, 5) is 25.0. The molecule has 0 radical (unpaired) electrons. The van der Waals surface area contributed by atoms with Crippen LogP contribution in [0, 0.1) is 6.92 Å². The molecule has 0 unspecified atom stereocenters. The fourth-order valence-corrected chi connectivity index (χ4v) is 2.82. The molecular formula is C20H20N4O4. The smallest absolute Gasteiger partial charge is 0.357 e. The van der Waals surface area contributed by atoms with Gasteiger partial charge in [0.15, 0.2) is 17.6 Å². The van der Waals surface area contributed by atoms with Crippen molar-refractivity contribution >= 4 is 17.7 Å². The van der Waals surface area contributed by atoms with Crippen molar-refractivity contribution in [3.05, 3.63) is 59.6 Å². The molecular weight excluding hydrogens is 360 g/mol. The topological polar surface area (TPSA) is 99.2 Å². The second-order valence-electron chi connectivity index (χ2n) is 6.84. The van der Waals surface area contributed by atoms with Crippen LogP contribution in [0.25, 0.3) is 5.69 Å². The first-order valence-electron chi connectivity index (χ1n) is 9.12. The van der Waals surface area contributed by atoms with E-state index in [1.165, 1.54) is 6.92 Å². The van der Waals surface area contributed by atoms with Crippen LogP contribution in [-0.4, -0.2) is 32.9 Å². The molecule has 1 atom stereocenters. The Morgan fingerprint density at radius 1 is 1.25 bits per heavy atom. The molecule has 28 heavy (non-hydrogen) atoms. The number of aromatic nitrogens is 3. The van der Waals surface area contributed by atoms with E-state index in [2.05, 4.69) is 15.6 Å². The van der Waals surface area contributed by atoms with E-state index in [-0.39, 0.29) is 5.82 Å². The summed E-state index contributed by atoms with van der Waals surface area (Å²) >= 11 is 0. The summed E-state index contributed by atoms with van der Waals surface area (Å²) in [7, 11) is 0. The van der Waals surface area contributed by atoms with Crippen LogP contribution in [-0.2, 0) is 9.53 Å². The minimum absolute atomic E-state index is 0.274. The fraction of sp³-hybridized carbons (Fsp3) is 0.300. The molecule has 3 aromatic rings. The van der Waals surface area contributed by atoms with Gasteiger partial charge in [0.25, 0.3) is 5.91 Å². The number of hydrogen-bond acceptors (Lipinski definition) is 6. The van der Waals surface area contributed by atoms with Gasteiger partial charge in [0.1, 0.15) is 5.76 Å². The van der Waals surface area contributed by atoms with Gasteiger partial charge in [0.2, 0.25) is 0 Å². The number of para-hydroxylation sites is 1. The molecule has 0 bridgehead atoms. The molecule has 0 saturated heterocycles. The molecule has 0 aliphatic heterocycles. The summed E-state index contributed by atoms with van der Waals surface area (Å²) in [6.07, 6.45) is 1.12. The van der Waals surface area contributed by atoms with E-state index >= 15 is 0 Å². The van der Waals surface area contributed by atoms with Crippen LogP contribution >= 0.6 is 0 Å². The van der Waals surface area contributed by atoms with Crippen LogP contribution in [0.2, 0.25) is 0 Å². The summed E-state index contributed by atoms with van der Waals surface area (Å²) < 4.78 is 11.9.